The summed E-state index contributed by atoms with van der Waals surface area (Å²) in [5, 5.41) is 2.11. The number of halogens is 1. The van der Waals surface area contributed by atoms with Crippen molar-refractivity contribution in [1.82, 2.24) is 10.2 Å². The Morgan fingerprint density at radius 3 is 2.57 bits per heavy atom. The van der Waals surface area contributed by atoms with Crippen LogP contribution in [0.1, 0.15) is 15.9 Å². The second kappa shape index (κ2) is 8.71. The number of benzene rings is 2. The maximum atomic E-state index is 13.6. The Labute approximate surface area is 165 Å². The normalized spacial score (nSPS) is 15.2. The molecule has 0 atom stereocenters. The fourth-order valence-corrected chi connectivity index (χ4v) is 3.43. The van der Waals surface area contributed by atoms with E-state index in [0.29, 0.717) is 10.7 Å². The van der Waals surface area contributed by atoms with E-state index in [0.717, 1.165) is 22.2 Å². The van der Waals surface area contributed by atoms with Crippen LogP contribution in [-0.2, 0) is 4.79 Å². The van der Waals surface area contributed by atoms with E-state index in [1.165, 1.54) is 18.2 Å². The molecule has 0 bridgehead atoms. The highest BCUT2D eigenvalue weighted by atomic mass is 32.2. The minimum atomic E-state index is -0.631. The monoisotopic (exact) mass is 400 g/mol. The van der Waals surface area contributed by atoms with Gasteiger partial charge in [-0.3, -0.25) is 19.3 Å². The largest absolute Gasteiger partial charge is 0.497 e. The molecule has 28 heavy (non-hydrogen) atoms. The Morgan fingerprint density at radius 1 is 1.18 bits per heavy atom. The lowest BCUT2D eigenvalue weighted by atomic mass is 10.2. The fraction of sp³-hybridized carbons (Fsp3) is 0.150. The highest BCUT2D eigenvalue weighted by Crippen LogP contribution is 2.32. The number of carbonyl (C=O) groups is 3. The van der Waals surface area contributed by atoms with Crippen molar-refractivity contribution >= 4 is 34.9 Å². The standard InChI is InChI=1S/C20H17FN2O4S/c1-27-14-8-6-13(7-9-14)12-17-19(25)23(20(26)28-17)11-10-22-18(24)15-4-2-3-5-16(15)21/h2-9,12H,10-11H2,1H3,(H,22,24)/b17-12+. The zero-order chi connectivity index (χ0) is 20.1. The molecule has 6 nitrogen and oxygen atoms in total. The van der Waals surface area contributed by atoms with Crippen LogP contribution in [-0.4, -0.2) is 42.2 Å². The van der Waals surface area contributed by atoms with Crippen LogP contribution in [0.5, 0.6) is 5.75 Å². The Bertz CT molecular complexity index is 943. The number of carbonyl (C=O) groups excluding carboxylic acids is 3. The molecule has 2 aromatic carbocycles. The number of thioether (sulfide) groups is 1. The highest BCUT2D eigenvalue weighted by Gasteiger charge is 2.34. The number of imide groups is 1. The molecular weight excluding hydrogens is 383 g/mol. The van der Waals surface area contributed by atoms with E-state index >= 15 is 0 Å². The van der Waals surface area contributed by atoms with Gasteiger partial charge in [-0.05, 0) is 47.7 Å². The maximum absolute atomic E-state index is 13.6. The van der Waals surface area contributed by atoms with Gasteiger partial charge in [0.1, 0.15) is 11.6 Å². The van der Waals surface area contributed by atoms with E-state index in [2.05, 4.69) is 5.32 Å². The first-order valence-electron chi connectivity index (χ1n) is 8.42. The first-order valence-corrected chi connectivity index (χ1v) is 9.23. The minimum Gasteiger partial charge on any atom is -0.497 e. The molecule has 1 heterocycles. The van der Waals surface area contributed by atoms with Crippen molar-refractivity contribution in [3.05, 3.63) is 70.4 Å². The van der Waals surface area contributed by atoms with Crippen LogP contribution >= 0.6 is 11.8 Å². The van der Waals surface area contributed by atoms with Crippen LogP contribution in [0.3, 0.4) is 0 Å². The quantitative estimate of drug-likeness (QED) is 0.753. The molecule has 0 unspecified atom stereocenters. The molecule has 0 saturated carbocycles. The third-order valence-electron chi connectivity index (χ3n) is 4.03. The van der Waals surface area contributed by atoms with Gasteiger partial charge in [-0.15, -0.1) is 0 Å². The van der Waals surface area contributed by atoms with Gasteiger partial charge >= 0.3 is 0 Å². The van der Waals surface area contributed by atoms with Gasteiger partial charge in [0.05, 0.1) is 17.6 Å². The molecule has 1 saturated heterocycles. The fourth-order valence-electron chi connectivity index (χ4n) is 2.57. The zero-order valence-electron chi connectivity index (χ0n) is 15.0. The summed E-state index contributed by atoms with van der Waals surface area (Å²) in [4.78, 5) is 37.9. The van der Waals surface area contributed by atoms with Crippen molar-refractivity contribution in [2.45, 2.75) is 0 Å². The maximum Gasteiger partial charge on any atom is 0.293 e. The molecule has 0 aromatic heterocycles. The van der Waals surface area contributed by atoms with Crippen LogP contribution < -0.4 is 10.1 Å². The summed E-state index contributed by atoms with van der Waals surface area (Å²) in [6.45, 7) is 0.0336. The van der Waals surface area contributed by atoms with Crippen LogP contribution in [0.4, 0.5) is 9.18 Å². The van der Waals surface area contributed by atoms with Gasteiger partial charge in [0.2, 0.25) is 0 Å². The van der Waals surface area contributed by atoms with Gasteiger partial charge in [-0.2, -0.15) is 0 Å². The number of rotatable bonds is 6. The lowest BCUT2D eigenvalue weighted by molar-refractivity contribution is -0.122. The van der Waals surface area contributed by atoms with Crippen molar-refractivity contribution in [3.63, 3.8) is 0 Å². The van der Waals surface area contributed by atoms with Crippen molar-refractivity contribution in [2.75, 3.05) is 20.2 Å². The molecule has 0 spiro atoms. The van der Waals surface area contributed by atoms with Crippen LogP contribution in [0.2, 0.25) is 0 Å². The summed E-state index contributed by atoms with van der Waals surface area (Å²) in [5.74, 6) is -0.964. The van der Waals surface area contributed by atoms with Gasteiger partial charge in [-0.25, -0.2) is 4.39 Å². The smallest absolute Gasteiger partial charge is 0.293 e. The second-order valence-electron chi connectivity index (χ2n) is 5.84. The van der Waals surface area contributed by atoms with Crippen LogP contribution in [0, 0.1) is 5.82 Å². The van der Waals surface area contributed by atoms with Crippen molar-refractivity contribution in [3.8, 4) is 5.75 Å². The van der Waals surface area contributed by atoms with Gasteiger partial charge in [0.15, 0.2) is 0 Å². The number of methoxy groups -OCH3 is 1. The molecule has 1 aliphatic heterocycles. The van der Waals surface area contributed by atoms with Gasteiger partial charge in [-0.1, -0.05) is 24.3 Å². The molecule has 0 aliphatic carbocycles. The molecule has 8 heteroatoms. The van der Waals surface area contributed by atoms with Gasteiger partial charge in [0, 0.05) is 13.1 Å². The summed E-state index contributed by atoms with van der Waals surface area (Å²) in [5.41, 5.74) is 0.676. The Hall–Kier alpha value is -3.13. The van der Waals surface area contributed by atoms with Crippen molar-refractivity contribution in [1.29, 1.82) is 0 Å². The number of nitrogens with one attached hydrogen (secondary N) is 1. The Morgan fingerprint density at radius 2 is 1.89 bits per heavy atom. The predicted molar refractivity (Wildman–Crippen MR) is 104 cm³/mol. The molecule has 2 aromatic rings. The SMILES string of the molecule is COc1ccc(/C=C2/SC(=O)N(CCNC(=O)c3ccccc3F)C2=O)cc1. The molecule has 0 radical (unpaired) electrons. The average molecular weight is 400 g/mol. The number of hydrogen-bond acceptors (Lipinski definition) is 5. The summed E-state index contributed by atoms with van der Waals surface area (Å²) in [7, 11) is 1.56. The van der Waals surface area contributed by atoms with Crippen LogP contribution in [0.25, 0.3) is 6.08 Å². The summed E-state index contributed by atoms with van der Waals surface area (Å²) in [6.07, 6.45) is 1.63. The van der Waals surface area contributed by atoms with Gasteiger partial charge < -0.3 is 10.1 Å². The third kappa shape index (κ3) is 4.40. The van der Waals surface area contributed by atoms with E-state index in [1.54, 1.807) is 43.5 Å². The lowest BCUT2D eigenvalue weighted by Gasteiger charge is -2.13. The molecule has 1 aliphatic rings. The average Bonchev–Trinajstić information content (AvgIpc) is 2.96. The predicted octanol–water partition coefficient (Wildman–Crippen LogP) is 3.30. The van der Waals surface area contributed by atoms with Crippen LogP contribution in [0.15, 0.2) is 53.4 Å². The summed E-state index contributed by atoms with van der Waals surface area (Å²) in [6, 6.07) is 12.7. The van der Waals surface area contributed by atoms with E-state index in [-0.39, 0.29) is 18.7 Å². The molecule has 3 amide bonds. The van der Waals surface area contributed by atoms with E-state index in [4.69, 9.17) is 4.74 Å². The second-order valence-corrected chi connectivity index (χ2v) is 6.84. The summed E-state index contributed by atoms with van der Waals surface area (Å²) < 4.78 is 18.7. The third-order valence-corrected chi connectivity index (χ3v) is 4.93. The van der Waals surface area contributed by atoms with Crippen molar-refractivity contribution in [2.24, 2.45) is 0 Å². The number of nitrogens with zero attached hydrogens (tertiary/aromatic N) is 1. The van der Waals surface area contributed by atoms with Gasteiger partial charge in [0.25, 0.3) is 17.1 Å². The Balaban J connectivity index is 1.60. The minimum absolute atomic E-state index is 0.00477. The van der Waals surface area contributed by atoms with Crippen molar-refractivity contribution < 1.29 is 23.5 Å². The lowest BCUT2D eigenvalue weighted by Crippen LogP contribution is -2.37. The first-order chi connectivity index (χ1) is 13.5. The van der Waals surface area contributed by atoms with E-state index < -0.39 is 22.9 Å². The number of amides is 3. The number of ether oxygens (including phenoxy) is 1. The molecule has 3 rings (SSSR count). The summed E-state index contributed by atoms with van der Waals surface area (Å²) >= 11 is 0.839. The molecule has 144 valence electrons. The molecule has 1 fully saturated rings. The number of hydrogen-bond donors (Lipinski definition) is 1. The zero-order valence-corrected chi connectivity index (χ0v) is 15.8. The molecular formula is C20H17FN2O4S. The first kappa shape index (κ1) is 19.6. The Kier molecular flexibility index (Phi) is 6.10. The van der Waals surface area contributed by atoms with E-state index in [9.17, 15) is 18.8 Å². The molecule has 1 N–H and O–H groups in total. The van der Waals surface area contributed by atoms with E-state index in [1.807, 2.05) is 0 Å². The highest BCUT2D eigenvalue weighted by molar-refractivity contribution is 8.18. The topological polar surface area (TPSA) is 75.7 Å².